The molecule has 0 radical (unpaired) electrons. The topological polar surface area (TPSA) is 72.4 Å². The van der Waals surface area contributed by atoms with Gasteiger partial charge in [-0.3, -0.25) is 4.79 Å². The summed E-state index contributed by atoms with van der Waals surface area (Å²) in [5.41, 5.74) is 2.18. The van der Waals surface area contributed by atoms with E-state index in [-0.39, 0.29) is 6.54 Å². The van der Waals surface area contributed by atoms with Crippen LogP contribution in [0.15, 0.2) is 48.7 Å². The number of carbonyl (C=O) groups excluding carboxylic acids is 2. The molecule has 1 heterocycles. The summed E-state index contributed by atoms with van der Waals surface area (Å²) in [5, 5.41) is 5.20. The molecule has 0 fully saturated rings. The van der Waals surface area contributed by atoms with Gasteiger partial charge in [0.2, 0.25) is 0 Å². The van der Waals surface area contributed by atoms with Crippen molar-refractivity contribution in [2.24, 2.45) is 0 Å². The smallest absolute Gasteiger partial charge is 0.325 e. The van der Waals surface area contributed by atoms with Gasteiger partial charge in [0.05, 0.1) is 13.2 Å². The Balaban J connectivity index is 1.81. The number of ether oxygens (including phenoxy) is 1. The van der Waals surface area contributed by atoms with E-state index in [0.29, 0.717) is 13.2 Å². The molecule has 1 aromatic heterocycles. The number of aromatic nitrogens is 1. The molecule has 2 N–H and O–H groups in total. The van der Waals surface area contributed by atoms with Crippen molar-refractivity contribution in [3.63, 3.8) is 0 Å². The second kappa shape index (κ2) is 8.63. The lowest BCUT2D eigenvalue weighted by Gasteiger charge is -2.11. The van der Waals surface area contributed by atoms with Crippen molar-refractivity contribution in [1.82, 2.24) is 15.2 Å². The Labute approximate surface area is 135 Å². The standard InChI is InChI=1S/C17H21N3O3/c1-2-23-16(21)12-19-17(22)18-11-15-9-6-10-20(15)13-14-7-4-3-5-8-14/h3-10H,2,11-13H2,1H3,(H2,18,19,22). The highest BCUT2D eigenvalue weighted by Gasteiger charge is 2.07. The van der Waals surface area contributed by atoms with Crippen LogP contribution in [-0.2, 0) is 22.6 Å². The van der Waals surface area contributed by atoms with E-state index in [2.05, 4.69) is 27.3 Å². The van der Waals surface area contributed by atoms with Gasteiger partial charge in [-0.25, -0.2) is 4.79 Å². The third-order valence-electron chi connectivity index (χ3n) is 3.25. The molecule has 0 aliphatic rings. The van der Waals surface area contributed by atoms with Gasteiger partial charge in [0.25, 0.3) is 0 Å². The first-order valence-electron chi connectivity index (χ1n) is 7.54. The van der Waals surface area contributed by atoms with Gasteiger partial charge in [0.1, 0.15) is 6.54 Å². The summed E-state index contributed by atoms with van der Waals surface area (Å²) in [6.07, 6.45) is 1.97. The number of nitrogens with zero attached hydrogens (tertiary/aromatic N) is 1. The molecule has 0 unspecified atom stereocenters. The molecule has 0 aliphatic heterocycles. The molecule has 0 aliphatic carbocycles. The molecule has 2 amide bonds. The highest BCUT2D eigenvalue weighted by molar-refractivity contribution is 5.80. The Bertz CT molecular complexity index is 638. The monoisotopic (exact) mass is 315 g/mol. The SMILES string of the molecule is CCOC(=O)CNC(=O)NCc1cccn1Cc1ccccc1. The first-order valence-corrected chi connectivity index (χ1v) is 7.54. The molecule has 122 valence electrons. The molecule has 0 atom stereocenters. The van der Waals surface area contributed by atoms with Gasteiger partial charge in [-0.1, -0.05) is 30.3 Å². The highest BCUT2D eigenvalue weighted by atomic mass is 16.5. The summed E-state index contributed by atoms with van der Waals surface area (Å²) in [6.45, 7) is 3.02. The first kappa shape index (κ1) is 16.6. The van der Waals surface area contributed by atoms with Gasteiger partial charge in [0.15, 0.2) is 0 Å². The molecular formula is C17H21N3O3. The van der Waals surface area contributed by atoms with Crippen LogP contribution in [0.3, 0.4) is 0 Å². The fourth-order valence-electron chi connectivity index (χ4n) is 2.14. The van der Waals surface area contributed by atoms with Crippen molar-refractivity contribution < 1.29 is 14.3 Å². The molecule has 2 aromatic rings. The second-order valence-electron chi connectivity index (χ2n) is 4.95. The van der Waals surface area contributed by atoms with Crippen molar-refractivity contribution in [2.75, 3.05) is 13.2 Å². The lowest BCUT2D eigenvalue weighted by molar-refractivity contribution is -0.141. The third kappa shape index (κ3) is 5.50. The molecule has 6 nitrogen and oxygen atoms in total. The summed E-state index contributed by atoms with van der Waals surface area (Å²) in [7, 11) is 0. The molecule has 6 heteroatoms. The van der Waals surface area contributed by atoms with Gasteiger partial charge in [0, 0.05) is 18.4 Å². The summed E-state index contributed by atoms with van der Waals surface area (Å²) in [5.74, 6) is -0.449. The zero-order valence-electron chi connectivity index (χ0n) is 13.1. The predicted octanol–water partition coefficient (Wildman–Crippen LogP) is 1.90. The maximum atomic E-state index is 11.7. The minimum Gasteiger partial charge on any atom is -0.465 e. The van der Waals surface area contributed by atoms with Crippen molar-refractivity contribution in [3.05, 3.63) is 59.9 Å². The summed E-state index contributed by atoms with van der Waals surface area (Å²) < 4.78 is 6.81. The van der Waals surface area contributed by atoms with E-state index in [4.69, 9.17) is 4.74 Å². The van der Waals surface area contributed by atoms with Crippen molar-refractivity contribution in [2.45, 2.75) is 20.0 Å². The Hall–Kier alpha value is -2.76. The number of benzene rings is 1. The van der Waals surface area contributed by atoms with E-state index in [0.717, 1.165) is 12.2 Å². The molecule has 1 aromatic carbocycles. The predicted molar refractivity (Wildman–Crippen MR) is 86.8 cm³/mol. The Morgan fingerprint density at radius 3 is 2.61 bits per heavy atom. The van der Waals surface area contributed by atoms with Crippen LogP contribution in [0.1, 0.15) is 18.2 Å². The van der Waals surface area contributed by atoms with E-state index in [1.165, 1.54) is 5.56 Å². The van der Waals surface area contributed by atoms with E-state index in [1.807, 2.05) is 36.5 Å². The van der Waals surface area contributed by atoms with E-state index in [9.17, 15) is 9.59 Å². The Morgan fingerprint density at radius 1 is 1.09 bits per heavy atom. The maximum absolute atomic E-state index is 11.7. The lowest BCUT2D eigenvalue weighted by Crippen LogP contribution is -2.38. The van der Waals surface area contributed by atoms with Crippen LogP contribution in [0.2, 0.25) is 0 Å². The zero-order valence-corrected chi connectivity index (χ0v) is 13.1. The molecule has 0 saturated carbocycles. The molecule has 23 heavy (non-hydrogen) atoms. The van der Waals surface area contributed by atoms with Gasteiger partial charge in [-0.2, -0.15) is 0 Å². The van der Waals surface area contributed by atoms with Crippen molar-refractivity contribution in [1.29, 1.82) is 0 Å². The first-order chi connectivity index (χ1) is 11.2. The number of carbonyl (C=O) groups is 2. The van der Waals surface area contributed by atoms with Gasteiger partial charge in [-0.15, -0.1) is 0 Å². The second-order valence-corrected chi connectivity index (χ2v) is 4.95. The van der Waals surface area contributed by atoms with Gasteiger partial charge in [-0.05, 0) is 24.6 Å². The molecule has 0 bridgehead atoms. The number of hydrogen-bond donors (Lipinski definition) is 2. The van der Waals surface area contributed by atoms with Crippen molar-refractivity contribution in [3.8, 4) is 0 Å². The summed E-state index contributed by atoms with van der Waals surface area (Å²) in [4.78, 5) is 22.8. The van der Waals surface area contributed by atoms with E-state index >= 15 is 0 Å². The van der Waals surface area contributed by atoms with E-state index in [1.54, 1.807) is 6.92 Å². The zero-order chi connectivity index (χ0) is 16.5. The Morgan fingerprint density at radius 2 is 1.87 bits per heavy atom. The number of rotatable bonds is 7. The Kier molecular flexibility index (Phi) is 6.23. The van der Waals surface area contributed by atoms with Crippen LogP contribution < -0.4 is 10.6 Å². The van der Waals surface area contributed by atoms with Crippen LogP contribution in [0.4, 0.5) is 4.79 Å². The average molecular weight is 315 g/mol. The maximum Gasteiger partial charge on any atom is 0.325 e. The number of urea groups is 1. The molecule has 0 saturated heterocycles. The number of amides is 2. The fourth-order valence-corrected chi connectivity index (χ4v) is 2.14. The van der Waals surface area contributed by atoms with Crippen LogP contribution in [0, 0.1) is 0 Å². The molecule has 2 rings (SSSR count). The quantitative estimate of drug-likeness (QED) is 0.767. The van der Waals surface area contributed by atoms with Gasteiger partial charge >= 0.3 is 12.0 Å². The van der Waals surface area contributed by atoms with Crippen molar-refractivity contribution >= 4 is 12.0 Å². The van der Waals surface area contributed by atoms with E-state index < -0.39 is 12.0 Å². The molecular weight excluding hydrogens is 294 g/mol. The van der Waals surface area contributed by atoms with Crippen LogP contribution in [-0.4, -0.2) is 29.7 Å². The largest absolute Gasteiger partial charge is 0.465 e. The fraction of sp³-hybridized carbons (Fsp3) is 0.294. The number of nitrogens with one attached hydrogen (secondary N) is 2. The normalized spacial score (nSPS) is 10.1. The molecule has 0 spiro atoms. The number of hydrogen-bond acceptors (Lipinski definition) is 3. The summed E-state index contributed by atoms with van der Waals surface area (Å²) >= 11 is 0. The lowest BCUT2D eigenvalue weighted by atomic mass is 10.2. The number of esters is 1. The van der Waals surface area contributed by atoms with Crippen LogP contribution in [0.25, 0.3) is 0 Å². The highest BCUT2D eigenvalue weighted by Crippen LogP contribution is 2.07. The van der Waals surface area contributed by atoms with Gasteiger partial charge < -0.3 is 19.9 Å². The minimum atomic E-state index is -0.449. The minimum absolute atomic E-state index is 0.134. The van der Waals surface area contributed by atoms with Crippen LogP contribution >= 0.6 is 0 Å². The third-order valence-corrected chi connectivity index (χ3v) is 3.25. The summed E-state index contributed by atoms with van der Waals surface area (Å²) in [6, 6.07) is 13.6. The van der Waals surface area contributed by atoms with Crippen LogP contribution in [0.5, 0.6) is 0 Å². The average Bonchev–Trinajstić information content (AvgIpc) is 2.99.